The Labute approximate surface area is 126 Å². The van der Waals surface area contributed by atoms with Crippen LogP contribution in [0.1, 0.15) is 20.8 Å². The van der Waals surface area contributed by atoms with Crippen LogP contribution in [-0.2, 0) is 0 Å². The predicted molar refractivity (Wildman–Crippen MR) is 82.4 cm³/mol. The summed E-state index contributed by atoms with van der Waals surface area (Å²) in [5.41, 5.74) is 0.715. The van der Waals surface area contributed by atoms with E-state index in [0.29, 0.717) is 5.75 Å². The summed E-state index contributed by atoms with van der Waals surface area (Å²) >= 11 is 0. The van der Waals surface area contributed by atoms with Gasteiger partial charge in [0, 0.05) is 0 Å². The van der Waals surface area contributed by atoms with E-state index in [1.165, 1.54) is 19.6 Å². The number of benzene rings is 1. The van der Waals surface area contributed by atoms with Crippen LogP contribution >= 0.6 is 0 Å². The van der Waals surface area contributed by atoms with Gasteiger partial charge in [-0.3, -0.25) is 0 Å². The second-order valence-corrected chi connectivity index (χ2v) is 4.27. The number of allylic oxidation sites excluding steroid dienone is 1. The van der Waals surface area contributed by atoms with E-state index >= 15 is 0 Å². The fourth-order valence-electron chi connectivity index (χ4n) is 1.83. The Morgan fingerprint density at radius 1 is 1.10 bits per heavy atom. The Morgan fingerprint density at radius 3 is 2.10 bits per heavy atom. The third kappa shape index (κ3) is 4.52. The van der Waals surface area contributed by atoms with Crippen LogP contribution in [0.15, 0.2) is 35.7 Å². The van der Waals surface area contributed by atoms with Gasteiger partial charge >= 0.3 is 0 Å². The molecule has 0 amide bonds. The molecule has 1 N–H and O–H groups in total. The summed E-state index contributed by atoms with van der Waals surface area (Å²) in [7, 11) is 0. The molecule has 5 nitrogen and oxygen atoms in total. The fourth-order valence-corrected chi connectivity index (χ4v) is 1.83. The number of nitrogens with zero attached hydrogens (tertiary/aromatic N) is 3. The van der Waals surface area contributed by atoms with Crippen molar-refractivity contribution >= 4 is 5.69 Å². The third-order valence-corrected chi connectivity index (χ3v) is 3.14. The summed E-state index contributed by atoms with van der Waals surface area (Å²) in [6, 6.07) is 10.8. The summed E-state index contributed by atoms with van der Waals surface area (Å²) < 4.78 is 5.27. The summed E-state index contributed by atoms with van der Waals surface area (Å²) in [6.45, 7) is 10.1. The van der Waals surface area contributed by atoms with Gasteiger partial charge in [-0.05, 0) is 31.8 Å². The van der Waals surface area contributed by atoms with Crippen LogP contribution in [0.2, 0.25) is 0 Å². The molecule has 1 heterocycles. The monoisotopic (exact) mass is 284 g/mol. The molecule has 2 rings (SSSR count). The van der Waals surface area contributed by atoms with Gasteiger partial charge in [0.1, 0.15) is 12.1 Å². The fraction of sp³-hybridized carbons (Fsp3) is 0.375. The van der Waals surface area contributed by atoms with Gasteiger partial charge in [-0.15, -0.1) is 0 Å². The number of nitrogens with one attached hydrogen (secondary N) is 1. The molecular formula is C16H20N4O. The van der Waals surface area contributed by atoms with Crippen molar-refractivity contribution in [1.82, 2.24) is 4.90 Å². The standard InChI is InChI=1S/C10H5N3O.C6H15N/c11-5-7(6-12)10-13-8-3-1-2-4-9(8)14-10;1-4-7(5-2)6-3/h1-4,13H;4-6H2,1-3H3. The molecule has 0 aliphatic carbocycles. The minimum absolute atomic E-state index is 0.0544. The van der Waals surface area contributed by atoms with Crippen molar-refractivity contribution in [3.05, 3.63) is 35.7 Å². The maximum absolute atomic E-state index is 8.62. The highest BCUT2D eigenvalue weighted by atomic mass is 16.5. The number of anilines is 1. The van der Waals surface area contributed by atoms with Crippen molar-refractivity contribution in [1.29, 1.82) is 10.5 Å². The van der Waals surface area contributed by atoms with Crippen LogP contribution in [0.4, 0.5) is 5.69 Å². The van der Waals surface area contributed by atoms with Crippen molar-refractivity contribution in [3.8, 4) is 17.9 Å². The first kappa shape index (κ1) is 16.6. The number of fused-ring (bicyclic) bond motifs is 1. The molecule has 0 aromatic heterocycles. The molecule has 1 aromatic rings. The Balaban J connectivity index is 0.000000270. The summed E-state index contributed by atoms with van der Waals surface area (Å²) in [5.74, 6) is 0.835. The van der Waals surface area contributed by atoms with Gasteiger partial charge < -0.3 is 15.0 Å². The quantitative estimate of drug-likeness (QED) is 0.863. The molecule has 1 aromatic carbocycles. The molecule has 0 spiro atoms. The Bertz CT molecular complexity index is 528. The lowest BCUT2D eigenvalue weighted by molar-refractivity contribution is 0.321. The highest BCUT2D eigenvalue weighted by Crippen LogP contribution is 2.33. The molecule has 1 aliphatic rings. The number of hydrogen-bond donors (Lipinski definition) is 1. The molecule has 0 atom stereocenters. The molecule has 110 valence electrons. The molecule has 0 bridgehead atoms. The molecule has 0 unspecified atom stereocenters. The minimum atomic E-state index is -0.0544. The molecule has 0 saturated carbocycles. The van der Waals surface area contributed by atoms with Crippen molar-refractivity contribution in [2.75, 3.05) is 25.0 Å². The summed E-state index contributed by atoms with van der Waals surface area (Å²) in [4.78, 5) is 2.38. The van der Waals surface area contributed by atoms with Crippen LogP contribution in [0.3, 0.4) is 0 Å². The smallest absolute Gasteiger partial charge is 0.226 e. The second kappa shape index (κ2) is 8.63. The SMILES string of the molecule is CCN(CC)CC.N#CC(C#N)=C1Nc2ccccc2O1. The van der Waals surface area contributed by atoms with Gasteiger partial charge in [-0.1, -0.05) is 32.9 Å². The predicted octanol–water partition coefficient (Wildman–Crippen LogP) is 3.10. The minimum Gasteiger partial charge on any atom is -0.437 e. The number of hydrogen-bond acceptors (Lipinski definition) is 5. The first-order chi connectivity index (χ1) is 10.2. The first-order valence-electron chi connectivity index (χ1n) is 7.00. The molecule has 1 aliphatic heterocycles. The van der Waals surface area contributed by atoms with Gasteiger partial charge in [0.05, 0.1) is 5.69 Å². The highest BCUT2D eigenvalue weighted by molar-refractivity contribution is 5.65. The largest absolute Gasteiger partial charge is 0.437 e. The van der Waals surface area contributed by atoms with Crippen molar-refractivity contribution in [2.24, 2.45) is 0 Å². The normalized spacial score (nSPS) is 11.2. The zero-order valence-electron chi connectivity index (χ0n) is 12.7. The van der Waals surface area contributed by atoms with Crippen molar-refractivity contribution in [2.45, 2.75) is 20.8 Å². The lowest BCUT2D eigenvalue weighted by Gasteiger charge is -2.13. The van der Waals surface area contributed by atoms with Crippen LogP contribution in [0.5, 0.6) is 5.75 Å². The van der Waals surface area contributed by atoms with E-state index in [0.717, 1.165) is 5.69 Å². The van der Waals surface area contributed by atoms with Crippen LogP contribution in [-0.4, -0.2) is 24.5 Å². The second-order valence-electron chi connectivity index (χ2n) is 4.27. The number of ether oxygens (including phenoxy) is 1. The van der Waals surface area contributed by atoms with E-state index in [-0.39, 0.29) is 11.5 Å². The summed E-state index contributed by atoms with van der Waals surface area (Å²) in [6.07, 6.45) is 0. The molecular weight excluding hydrogens is 264 g/mol. The molecule has 0 saturated heterocycles. The van der Waals surface area contributed by atoms with E-state index in [1.54, 1.807) is 18.2 Å². The molecule has 5 heteroatoms. The Morgan fingerprint density at radius 2 is 1.67 bits per heavy atom. The van der Waals surface area contributed by atoms with Crippen molar-refractivity contribution < 1.29 is 4.74 Å². The van der Waals surface area contributed by atoms with E-state index in [9.17, 15) is 0 Å². The Kier molecular flexibility index (Phi) is 6.80. The molecule has 0 fully saturated rings. The topological polar surface area (TPSA) is 72.1 Å². The molecule has 21 heavy (non-hydrogen) atoms. The van der Waals surface area contributed by atoms with Crippen LogP contribution < -0.4 is 10.1 Å². The van der Waals surface area contributed by atoms with E-state index in [1.807, 2.05) is 18.2 Å². The zero-order chi connectivity index (χ0) is 15.7. The van der Waals surface area contributed by atoms with Crippen molar-refractivity contribution in [3.63, 3.8) is 0 Å². The molecule has 0 radical (unpaired) electrons. The van der Waals surface area contributed by atoms with Gasteiger partial charge in [-0.25, -0.2) is 0 Å². The third-order valence-electron chi connectivity index (χ3n) is 3.14. The average Bonchev–Trinajstić information content (AvgIpc) is 2.94. The maximum Gasteiger partial charge on any atom is 0.226 e. The first-order valence-corrected chi connectivity index (χ1v) is 7.00. The van der Waals surface area contributed by atoms with Gasteiger partial charge in [0.2, 0.25) is 5.88 Å². The lowest BCUT2D eigenvalue weighted by atomic mass is 10.3. The lowest BCUT2D eigenvalue weighted by Crippen LogP contribution is -2.21. The van der Waals surface area contributed by atoms with E-state index in [4.69, 9.17) is 15.3 Å². The number of para-hydroxylation sites is 2. The summed E-state index contributed by atoms with van der Waals surface area (Å²) in [5, 5.41) is 20.1. The van der Waals surface area contributed by atoms with Crippen LogP contribution in [0.25, 0.3) is 0 Å². The van der Waals surface area contributed by atoms with Gasteiger partial charge in [0.15, 0.2) is 11.3 Å². The van der Waals surface area contributed by atoms with Gasteiger partial charge in [0.25, 0.3) is 0 Å². The van der Waals surface area contributed by atoms with E-state index in [2.05, 4.69) is 31.0 Å². The van der Waals surface area contributed by atoms with Gasteiger partial charge in [-0.2, -0.15) is 10.5 Å². The number of nitriles is 2. The maximum atomic E-state index is 8.62. The van der Waals surface area contributed by atoms with E-state index < -0.39 is 0 Å². The van der Waals surface area contributed by atoms with Crippen LogP contribution in [0, 0.1) is 22.7 Å². The number of rotatable bonds is 3. The Hall–Kier alpha value is -2.50. The highest BCUT2D eigenvalue weighted by Gasteiger charge is 2.19. The zero-order valence-corrected chi connectivity index (χ0v) is 12.7. The average molecular weight is 284 g/mol.